The first-order valence-corrected chi connectivity index (χ1v) is 14.9. The SMILES string of the molecule is CCCCCCc1cc2cc3ccc4c5cc6c(cc(CCCCCC)n6C)cc5ccc4c3cc2n1C. The Kier molecular flexibility index (Phi) is 6.91. The monoisotopic (exact) mass is 502 g/mol. The average molecular weight is 503 g/mol. The van der Waals surface area contributed by atoms with E-state index < -0.39 is 0 Å². The lowest BCUT2D eigenvalue weighted by Crippen LogP contribution is -1.96. The third-order valence-electron chi connectivity index (χ3n) is 8.93. The molecule has 0 amide bonds. The third-order valence-corrected chi connectivity index (χ3v) is 8.93. The summed E-state index contributed by atoms with van der Waals surface area (Å²) in [5, 5.41) is 10.8. The first-order valence-electron chi connectivity index (χ1n) is 14.9. The fraction of sp³-hybridized carbons (Fsp3) is 0.389. The number of nitrogens with zero attached hydrogens (tertiary/aromatic N) is 2. The van der Waals surface area contributed by atoms with Gasteiger partial charge in [-0.2, -0.15) is 0 Å². The van der Waals surface area contributed by atoms with E-state index in [1.54, 1.807) is 0 Å². The van der Waals surface area contributed by atoms with Gasteiger partial charge in [0.25, 0.3) is 0 Å². The molecule has 0 aliphatic rings. The molecule has 0 saturated heterocycles. The summed E-state index contributed by atoms with van der Waals surface area (Å²) >= 11 is 0. The van der Waals surface area contributed by atoms with Crippen LogP contribution in [0.15, 0.2) is 60.7 Å². The van der Waals surface area contributed by atoms with Gasteiger partial charge < -0.3 is 9.13 Å². The maximum atomic E-state index is 2.43. The van der Waals surface area contributed by atoms with E-state index >= 15 is 0 Å². The summed E-state index contributed by atoms with van der Waals surface area (Å²) in [5.41, 5.74) is 5.61. The molecular weight excluding hydrogens is 460 g/mol. The Balaban J connectivity index is 1.44. The molecule has 0 unspecified atom stereocenters. The normalized spacial score (nSPS) is 12.2. The van der Waals surface area contributed by atoms with E-state index in [0.29, 0.717) is 0 Å². The molecule has 2 heteroatoms. The number of benzene rings is 4. The van der Waals surface area contributed by atoms with Crippen molar-refractivity contribution in [3.63, 3.8) is 0 Å². The van der Waals surface area contributed by atoms with Crippen LogP contribution in [0.4, 0.5) is 0 Å². The molecule has 0 spiro atoms. The van der Waals surface area contributed by atoms with Gasteiger partial charge in [-0.15, -0.1) is 0 Å². The zero-order valence-electron chi connectivity index (χ0n) is 23.7. The van der Waals surface area contributed by atoms with Crippen LogP contribution >= 0.6 is 0 Å². The minimum Gasteiger partial charge on any atom is -0.348 e. The Morgan fingerprint density at radius 3 is 1.32 bits per heavy atom. The van der Waals surface area contributed by atoms with Crippen LogP contribution in [0.3, 0.4) is 0 Å². The highest BCUT2D eigenvalue weighted by molar-refractivity contribution is 6.20. The van der Waals surface area contributed by atoms with Crippen LogP contribution in [0, 0.1) is 0 Å². The zero-order chi connectivity index (χ0) is 26.2. The van der Waals surface area contributed by atoms with Crippen molar-refractivity contribution in [3.05, 3.63) is 72.1 Å². The minimum absolute atomic E-state index is 1.17. The molecule has 0 radical (unpaired) electrons. The largest absolute Gasteiger partial charge is 0.348 e. The Bertz CT molecular complexity index is 1630. The smallest absolute Gasteiger partial charge is 0.0486 e. The van der Waals surface area contributed by atoms with E-state index in [2.05, 4.69) is 97.7 Å². The molecule has 2 aromatic heterocycles. The van der Waals surface area contributed by atoms with Gasteiger partial charge in [-0.05, 0) is 94.4 Å². The van der Waals surface area contributed by atoms with Crippen LogP contribution in [0.1, 0.15) is 76.6 Å². The number of rotatable bonds is 10. The van der Waals surface area contributed by atoms with Crippen molar-refractivity contribution in [2.75, 3.05) is 0 Å². The van der Waals surface area contributed by atoms with Crippen molar-refractivity contribution in [1.29, 1.82) is 0 Å². The first kappa shape index (κ1) is 25.0. The fourth-order valence-electron chi connectivity index (χ4n) is 6.60. The number of aryl methyl sites for hydroxylation is 4. The molecule has 0 fully saturated rings. The number of hydrogen-bond acceptors (Lipinski definition) is 0. The van der Waals surface area contributed by atoms with E-state index in [9.17, 15) is 0 Å². The molecular formula is C36H42N2. The molecule has 38 heavy (non-hydrogen) atoms. The van der Waals surface area contributed by atoms with Gasteiger partial charge >= 0.3 is 0 Å². The van der Waals surface area contributed by atoms with Crippen molar-refractivity contribution in [3.8, 4) is 0 Å². The maximum absolute atomic E-state index is 2.43. The van der Waals surface area contributed by atoms with Gasteiger partial charge in [0.2, 0.25) is 0 Å². The van der Waals surface area contributed by atoms with Crippen LogP contribution < -0.4 is 0 Å². The fourth-order valence-corrected chi connectivity index (χ4v) is 6.60. The molecule has 6 rings (SSSR count). The van der Waals surface area contributed by atoms with E-state index in [4.69, 9.17) is 0 Å². The highest BCUT2D eigenvalue weighted by Crippen LogP contribution is 2.36. The molecule has 4 aromatic carbocycles. The summed E-state index contributed by atoms with van der Waals surface area (Å²) in [6, 6.07) is 23.9. The van der Waals surface area contributed by atoms with Gasteiger partial charge in [-0.25, -0.2) is 0 Å². The predicted octanol–water partition coefficient (Wildman–Crippen LogP) is 10.4. The van der Waals surface area contributed by atoms with Gasteiger partial charge in [0, 0.05) is 47.3 Å². The number of unbranched alkanes of at least 4 members (excludes halogenated alkanes) is 6. The van der Waals surface area contributed by atoms with Crippen LogP contribution in [0.2, 0.25) is 0 Å². The lowest BCUT2D eigenvalue weighted by Gasteiger charge is -2.10. The summed E-state index contributed by atoms with van der Waals surface area (Å²) in [6.07, 6.45) is 12.8. The second kappa shape index (κ2) is 10.5. The van der Waals surface area contributed by atoms with Crippen molar-refractivity contribution >= 4 is 54.1 Å². The zero-order valence-corrected chi connectivity index (χ0v) is 23.7. The Morgan fingerprint density at radius 2 is 0.895 bits per heavy atom. The van der Waals surface area contributed by atoms with Crippen LogP contribution in [-0.4, -0.2) is 9.13 Å². The lowest BCUT2D eigenvalue weighted by atomic mass is 9.95. The van der Waals surface area contributed by atoms with E-state index in [-0.39, 0.29) is 0 Å². The molecule has 2 heterocycles. The molecule has 0 atom stereocenters. The third kappa shape index (κ3) is 4.38. The Hall–Kier alpha value is -3.26. The van der Waals surface area contributed by atoms with Crippen LogP contribution in [0.25, 0.3) is 54.1 Å². The number of aromatic nitrogens is 2. The van der Waals surface area contributed by atoms with Crippen LogP contribution in [0.5, 0.6) is 0 Å². The summed E-state index contributed by atoms with van der Waals surface area (Å²) < 4.78 is 4.85. The van der Waals surface area contributed by atoms with E-state index in [1.807, 2.05) is 0 Å². The van der Waals surface area contributed by atoms with Gasteiger partial charge in [0.1, 0.15) is 0 Å². The highest BCUT2D eigenvalue weighted by Gasteiger charge is 2.13. The standard InChI is InChI=1S/C36H42N2/c1-5-7-9-11-13-29-21-27-19-25-15-17-32-31(33(25)23-35(27)37(29)3)18-16-26-20-28-22-30(14-12-10-8-6-2)38(4)36(28)24-34(26)32/h15-24H,5-14H2,1-4H3. The van der Waals surface area contributed by atoms with Crippen molar-refractivity contribution in [2.45, 2.75) is 78.1 Å². The summed E-state index contributed by atoms with van der Waals surface area (Å²) in [4.78, 5) is 0. The highest BCUT2D eigenvalue weighted by atomic mass is 14.9. The maximum Gasteiger partial charge on any atom is 0.0486 e. The second-order valence-electron chi connectivity index (χ2n) is 11.5. The molecule has 0 N–H and O–H groups in total. The van der Waals surface area contributed by atoms with E-state index in [1.165, 1.54) is 130 Å². The minimum atomic E-state index is 1.17. The van der Waals surface area contributed by atoms with Crippen molar-refractivity contribution in [1.82, 2.24) is 9.13 Å². The number of fused-ring (bicyclic) bond motifs is 7. The van der Waals surface area contributed by atoms with Crippen LogP contribution in [-0.2, 0) is 26.9 Å². The summed E-state index contributed by atoms with van der Waals surface area (Å²) in [6.45, 7) is 4.57. The quantitative estimate of drug-likeness (QED) is 0.130. The molecule has 0 bridgehead atoms. The molecule has 0 aliphatic carbocycles. The second-order valence-corrected chi connectivity index (χ2v) is 11.5. The lowest BCUT2D eigenvalue weighted by molar-refractivity contribution is 0.651. The van der Waals surface area contributed by atoms with Crippen molar-refractivity contribution in [2.24, 2.45) is 14.1 Å². The average Bonchev–Trinajstić information content (AvgIpc) is 3.41. The topological polar surface area (TPSA) is 9.86 Å². The summed E-state index contributed by atoms with van der Waals surface area (Å²) in [7, 11) is 4.49. The van der Waals surface area contributed by atoms with Gasteiger partial charge in [0.15, 0.2) is 0 Å². The molecule has 6 aromatic rings. The molecule has 2 nitrogen and oxygen atoms in total. The first-order chi connectivity index (χ1) is 18.6. The molecule has 196 valence electrons. The van der Waals surface area contributed by atoms with Gasteiger partial charge in [-0.3, -0.25) is 0 Å². The Morgan fingerprint density at radius 1 is 0.447 bits per heavy atom. The predicted molar refractivity (Wildman–Crippen MR) is 168 cm³/mol. The number of hydrogen-bond donors (Lipinski definition) is 0. The van der Waals surface area contributed by atoms with E-state index in [0.717, 1.165) is 0 Å². The summed E-state index contributed by atoms with van der Waals surface area (Å²) in [5.74, 6) is 0. The van der Waals surface area contributed by atoms with Gasteiger partial charge in [-0.1, -0.05) is 76.6 Å². The van der Waals surface area contributed by atoms with Crippen molar-refractivity contribution < 1.29 is 0 Å². The molecule has 0 aliphatic heterocycles. The Labute approximate surface area is 227 Å². The van der Waals surface area contributed by atoms with Gasteiger partial charge in [0.05, 0.1) is 0 Å². The molecule has 0 saturated carbocycles.